The maximum atomic E-state index is 15.2. The van der Waals surface area contributed by atoms with Crippen molar-refractivity contribution in [3.05, 3.63) is 41.0 Å². The molecule has 12 heteroatoms. The second kappa shape index (κ2) is 12.6. The number of Topliss-reactive ketones (excluding diaryl/α,β-unsaturated/α-hetero) is 1. The third-order valence-electron chi connectivity index (χ3n) is 12.5. The van der Waals surface area contributed by atoms with Gasteiger partial charge >= 0.3 is 11.9 Å². The van der Waals surface area contributed by atoms with Gasteiger partial charge in [-0.3, -0.25) is 9.59 Å². The number of hydrogen-bond donors (Lipinski definition) is 3. The van der Waals surface area contributed by atoms with Crippen molar-refractivity contribution in [1.82, 2.24) is 0 Å². The lowest BCUT2D eigenvalue weighted by molar-refractivity contribution is -0.344. The van der Waals surface area contributed by atoms with Gasteiger partial charge in [0.1, 0.15) is 29.7 Å². The van der Waals surface area contributed by atoms with Crippen LogP contribution in [0.3, 0.4) is 0 Å². The maximum absolute atomic E-state index is 15.2. The van der Waals surface area contributed by atoms with Gasteiger partial charge in [0.05, 0.1) is 42.8 Å². The Labute approximate surface area is 284 Å². The fourth-order valence-corrected chi connectivity index (χ4v) is 12.2. The van der Waals surface area contributed by atoms with Crippen molar-refractivity contribution in [3.63, 3.8) is 0 Å². The van der Waals surface area contributed by atoms with Gasteiger partial charge in [0, 0.05) is 25.2 Å². The molecule has 0 spiro atoms. The van der Waals surface area contributed by atoms with E-state index in [1.807, 2.05) is 0 Å². The average molecular weight is 689 g/mol. The van der Waals surface area contributed by atoms with Crippen LogP contribution in [-0.4, -0.2) is 96.8 Å². The Hall–Kier alpha value is -2.61. The van der Waals surface area contributed by atoms with E-state index in [0.29, 0.717) is 11.3 Å². The van der Waals surface area contributed by atoms with Gasteiger partial charge in [0.25, 0.3) is 0 Å². The summed E-state index contributed by atoms with van der Waals surface area (Å²) in [6, 6.07) is 8.69. The number of benzene rings is 1. The summed E-state index contributed by atoms with van der Waals surface area (Å²) in [5.74, 6) is -2.88. The Balaban J connectivity index is 1.83. The third kappa shape index (κ3) is 5.20. The van der Waals surface area contributed by atoms with Crippen molar-refractivity contribution >= 4 is 26.0 Å². The van der Waals surface area contributed by atoms with E-state index in [-0.39, 0.29) is 30.6 Å². The minimum absolute atomic E-state index is 0.125. The number of esters is 2. The highest BCUT2D eigenvalue weighted by Crippen LogP contribution is 2.64. The molecule has 2 bridgehead atoms. The van der Waals surface area contributed by atoms with Gasteiger partial charge in [-0.2, -0.15) is 0 Å². The smallest absolute Gasteiger partial charge is 0.338 e. The molecule has 2 saturated carbocycles. The minimum atomic E-state index is -2.44. The van der Waals surface area contributed by atoms with Crippen molar-refractivity contribution in [3.8, 4) is 5.75 Å². The molecular formula is C36H52O11Si. The van der Waals surface area contributed by atoms with Crippen molar-refractivity contribution in [2.75, 3.05) is 13.7 Å². The molecule has 266 valence electrons. The summed E-state index contributed by atoms with van der Waals surface area (Å²) in [6.45, 7) is 14.0. The first kappa shape index (κ1) is 36.7. The van der Waals surface area contributed by atoms with Crippen LogP contribution in [-0.2, 0) is 28.2 Å². The SMILES string of the molecule is CC[Si](CC)(CC)O[C@H]1C[C@H]2OC[C@@]2(OC(C)=O)[C@H]2[C@H](OC(=O)c3cccc(OC)c3)[C@]3(O)C[C@H](O)C(C)=C([C@@H](O)C(=O)[C@]12C)C3(C)C. The molecule has 0 aromatic heterocycles. The van der Waals surface area contributed by atoms with Gasteiger partial charge in [-0.15, -0.1) is 0 Å². The number of methoxy groups -OCH3 is 1. The zero-order chi connectivity index (χ0) is 35.6. The number of carbonyl (C=O) groups is 3. The normalized spacial score (nSPS) is 37.3. The quantitative estimate of drug-likeness (QED) is 0.195. The lowest BCUT2D eigenvalue weighted by Gasteiger charge is -2.68. The first-order valence-corrected chi connectivity index (χ1v) is 19.6. The van der Waals surface area contributed by atoms with Gasteiger partial charge in [-0.1, -0.05) is 40.7 Å². The molecular weight excluding hydrogens is 636 g/mol. The van der Waals surface area contributed by atoms with E-state index in [1.54, 1.807) is 45.9 Å². The summed E-state index contributed by atoms with van der Waals surface area (Å²) in [6.07, 6.45) is -6.21. The first-order chi connectivity index (χ1) is 22.4. The fraction of sp³-hybridized carbons (Fsp3) is 0.694. The average Bonchev–Trinajstić information content (AvgIpc) is 3.04. The van der Waals surface area contributed by atoms with Crippen LogP contribution in [0.1, 0.15) is 78.6 Å². The summed E-state index contributed by atoms with van der Waals surface area (Å²) < 4.78 is 31.2. The van der Waals surface area contributed by atoms with Crippen LogP contribution >= 0.6 is 0 Å². The molecule has 4 aliphatic rings. The van der Waals surface area contributed by atoms with Gasteiger partial charge in [-0.25, -0.2) is 4.79 Å². The van der Waals surface area contributed by atoms with E-state index < -0.39 is 84.5 Å². The zero-order valence-corrected chi connectivity index (χ0v) is 30.6. The van der Waals surface area contributed by atoms with Gasteiger partial charge in [0.15, 0.2) is 19.7 Å². The minimum Gasteiger partial charge on any atom is -0.497 e. The van der Waals surface area contributed by atoms with E-state index >= 15 is 4.79 Å². The molecule has 48 heavy (non-hydrogen) atoms. The van der Waals surface area contributed by atoms with Crippen LogP contribution in [0.15, 0.2) is 35.4 Å². The highest BCUT2D eigenvalue weighted by atomic mass is 28.4. The molecule has 1 aliphatic heterocycles. The molecule has 3 N–H and O–H groups in total. The molecule has 1 heterocycles. The summed E-state index contributed by atoms with van der Waals surface area (Å²) in [5.41, 5.74) is -5.95. The Morgan fingerprint density at radius 2 is 1.73 bits per heavy atom. The van der Waals surface area contributed by atoms with Crippen LogP contribution in [0.2, 0.25) is 18.1 Å². The summed E-state index contributed by atoms with van der Waals surface area (Å²) in [4.78, 5) is 42.3. The van der Waals surface area contributed by atoms with E-state index in [0.717, 1.165) is 18.1 Å². The highest BCUT2D eigenvalue weighted by Gasteiger charge is 2.78. The number of ketones is 1. The monoisotopic (exact) mass is 688 g/mol. The molecule has 1 aromatic rings. The molecule has 11 nitrogen and oxygen atoms in total. The number of rotatable bonds is 9. The number of hydrogen-bond acceptors (Lipinski definition) is 11. The van der Waals surface area contributed by atoms with Crippen molar-refractivity contribution in [1.29, 1.82) is 0 Å². The van der Waals surface area contributed by atoms with E-state index in [9.17, 15) is 24.9 Å². The maximum Gasteiger partial charge on any atom is 0.338 e. The Kier molecular flexibility index (Phi) is 9.63. The molecule has 0 unspecified atom stereocenters. The van der Waals surface area contributed by atoms with Crippen molar-refractivity contribution in [2.45, 2.75) is 128 Å². The fourth-order valence-electron chi connectivity index (χ4n) is 9.29. The Bertz CT molecular complexity index is 1480. The molecule has 1 aromatic carbocycles. The van der Waals surface area contributed by atoms with Gasteiger partial charge < -0.3 is 38.7 Å². The molecule has 5 rings (SSSR count). The first-order valence-electron chi connectivity index (χ1n) is 17.1. The Morgan fingerprint density at radius 3 is 2.27 bits per heavy atom. The van der Waals surface area contributed by atoms with Gasteiger partial charge in [-0.05, 0) is 61.3 Å². The largest absolute Gasteiger partial charge is 0.497 e. The van der Waals surface area contributed by atoms with E-state index in [4.69, 9.17) is 23.4 Å². The predicted octanol–water partition coefficient (Wildman–Crippen LogP) is 4.12. The molecule has 3 aliphatic carbocycles. The van der Waals surface area contributed by atoms with Crippen LogP contribution < -0.4 is 4.74 Å². The van der Waals surface area contributed by atoms with E-state index in [2.05, 4.69) is 20.8 Å². The number of ether oxygens (including phenoxy) is 4. The lowest BCUT2D eigenvalue weighted by Crippen LogP contribution is -2.82. The van der Waals surface area contributed by atoms with Crippen LogP contribution in [0.25, 0.3) is 0 Å². The second-order valence-corrected chi connectivity index (χ2v) is 19.6. The van der Waals surface area contributed by atoms with Crippen LogP contribution in [0.4, 0.5) is 0 Å². The van der Waals surface area contributed by atoms with E-state index in [1.165, 1.54) is 20.1 Å². The number of fused-ring (bicyclic) bond motifs is 5. The number of aliphatic hydroxyl groups is 3. The van der Waals surface area contributed by atoms with Crippen LogP contribution in [0.5, 0.6) is 5.75 Å². The standard InChI is InChI=1S/C36H52O11Si/c1-10-48(11-2,12-3)47-25-17-26-35(19-44-26,46-21(5)37)29-31(45-32(41)22-14-13-15-23(16-22)43-9)36(42)18-24(38)20(4)27(33(36,6)7)28(39)30(40)34(25,29)8/h13-16,24-26,28-29,31,38-39,42H,10-12,17-19H2,1-9H3/t24-,25-,26+,28+,29-,31-,34+,35-,36+/m0/s1. The molecule has 1 saturated heterocycles. The predicted molar refractivity (Wildman–Crippen MR) is 178 cm³/mol. The zero-order valence-electron chi connectivity index (χ0n) is 29.6. The summed E-state index contributed by atoms with van der Waals surface area (Å²) in [5, 5.41) is 36.7. The number of carbonyl (C=O) groups excluding carboxylic acids is 3. The molecule has 0 radical (unpaired) electrons. The highest BCUT2D eigenvalue weighted by molar-refractivity contribution is 6.73. The second-order valence-electron chi connectivity index (χ2n) is 14.9. The lowest BCUT2D eigenvalue weighted by atomic mass is 9.44. The number of aliphatic hydroxyl groups excluding tert-OH is 2. The summed E-state index contributed by atoms with van der Waals surface area (Å²) >= 11 is 0. The van der Waals surface area contributed by atoms with Crippen molar-refractivity contribution in [2.24, 2.45) is 16.7 Å². The Morgan fingerprint density at radius 1 is 1.08 bits per heavy atom. The van der Waals surface area contributed by atoms with Gasteiger partial charge in [0.2, 0.25) is 0 Å². The summed E-state index contributed by atoms with van der Waals surface area (Å²) in [7, 11) is -0.970. The topological polar surface area (TPSA) is 158 Å². The molecule has 3 fully saturated rings. The third-order valence-corrected chi connectivity index (χ3v) is 17.2. The van der Waals surface area contributed by atoms with Crippen LogP contribution in [0, 0.1) is 16.7 Å². The molecule has 9 atom stereocenters. The molecule has 0 amide bonds. The van der Waals surface area contributed by atoms with Crippen molar-refractivity contribution < 1.29 is 53.1 Å².